The minimum atomic E-state index is 0.344. The zero-order valence-electron chi connectivity index (χ0n) is 12.8. The van der Waals surface area contributed by atoms with Gasteiger partial charge in [0.15, 0.2) is 5.78 Å². The number of piperidine rings is 1. The standard InChI is InChI=1S/C18H25NO/c1-11-6-13(3)17(7-12(11)2)18(20)10-14-8-15-4-5-16(9-14)19-15/h6-7,14-16,19H,4-5,8-10H2,1-3H3. The van der Waals surface area contributed by atoms with Gasteiger partial charge in [-0.25, -0.2) is 0 Å². The Hall–Kier alpha value is -1.15. The molecule has 2 fully saturated rings. The first-order chi connectivity index (χ1) is 9.52. The lowest BCUT2D eigenvalue weighted by atomic mass is 9.85. The Morgan fingerprint density at radius 1 is 1.05 bits per heavy atom. The number of fused-ring (bicyclic) bond motifs is 2. The second kappa shape index (κ2) is 5.33. The highest BCUT2D eigenvalue weighted by Gasteiger charge is 2.34. The van der Waals surface area contributed by atoms with Crippen molar-refractivity contribution >= 4 is 5.78 Å². The summed E-state index contributed by atoms with van der Waals surface area (Å²) in [5.74, 6) is 0.930. The summed E-state index contributed by atoms with van der Waals surface area (Å²) in [5, 5.41) is 3.65. The first-order valence-corrected chi connectivity index (χ1v) is 7.90. The Labute approximate surface area is 122 Å². The Balaban J connectivity index is 1.72. The molecule has 2 heterocycles. The van der Waals surface area contributed by atoms with Crippen LogP contribution in [0.5, 0.6) is 0 Å². The van der Waals surface area contributed by atoms with Crippen LogP contribution in [-0.4, -0.2) is 17.9 Å². The number of ketones is 1. The van der Waals surface area contributed by atoms with Gasteiger partial charge in [-0.3, -0.25) is 4.79 Å². The van der Waals surface area contributed by atoms with Crippen molar-refractivity contribution in [3.63, 3.8) is 0 Å². The molecule has 3 rings (SSSR count). The van der Waals surface area contributed by atoms with E-state index in [-0.39, 0.29) is 0 Å². The summed E-state index contributed by atoms with van der Waals surface area (Å²) in [5.41, 5.74) is 4.58. The minimum absolute atomic E-state index is 0.344. The van der Waals surface area contributed by atoms with E-state index in [4.69, 9.17) is 0 Å². The van der Waals surface area contributed by atoms with Crippen LogP contribution in [0.25, 0.3) is 0 Å². The predicted molar refractivity (Wildman–Crippen MR) is 82.3 cm³/mol. The quantitative estimate of drug-likeness (QED) is 0.849. The predicted octanol–water partition coefficient (Wildman–Crippen LogP) is 3.72. The molecule has 0 saturated carbocycles. The van der Waals surface area contributed by atoms with Crippen LogP contribution in [0, 0.1) is 26.7 Å². The van der Waals surface area contributed by atoms with Crippen LogP contribution >= 0.6 is 0 Å². The summed E-state index contributed by atoms with van der Waals surface area (Å²) >= 11 is 0. The molecule has 2 atom stereocenters. The van der Waals surface area contributed by atoms with Gasteiger partial charge in [-0.15, -0.1) is 0 Å². The fourth-order valence-corrected chi connectivity index (χ4v) is 3.97. The van der Waals surface area contributed by atoms with E-state index in [1.165, 1.54) is 36.8 Å². The van der Waals surface area contributed by atoms with Crippen molar-refractivity contribution in [2.45, 2.75) is 65.0 Å². The highest BCUT2D eigenvalue weighted by molar-refractivity contribution is 5.97. The highest BCUT2D eigenvalue weighted by Crippen LogP contribution is 2.33. The Kier molecular flexibility index (Phi) is 3.68. The van der Waals surface area contributed by atoms with E-state index >= 15 is 0 Å². The maximum Gasteiger partial charge on any atom is 0.163 e. The molecule has 108 valence electrons. The molecule has 20 heavy (non-hydrogen) atoms. The SMILES string of the molecule is Cc1cc(C)c(C(=O)CC2CC3CCC(C2)N3)cc1C. The number of hydrogen-bond acceptors (Lipinski definition) is 2. The van der Waals surface area contributed by atoms with Crippen LogP contribution in [0.3, 0.4) is 0 Å². The Morgan fingerprint density at radius 2 is 1.65 bits per heavy atom. The van der Waals surface area contributed by atoms with Crippen molar-refractivity contribution < 1.29 is 4.79 Å². The minimum Gasteiger partial charge on any atom is -0.311 e. The molecule has 1 aromatic rings. The smallest absolute Gasteiger partial charge is 0.163 e. The fourth-order valence-electron chi connectivity index (χ4n) is 3.97. The molecule has 2 bridgehead atoms. The summed E-state index contributed by atoms with van der Waals surface area (Å²) in [4.78, 5) is 12.6. The largest absolute Gasteiger partial charge is 0.311 e. The third kappa shape index (κ3) is 2.67. The summed E-state index contributed by atoms with van der Waals surface area (Å²) in [6, 6.07) is 5.58. The molecule has 2 heteroatoms. The van der Waals surface area contributed by atoms with Crippen molar-refractivity contribution in [3.8, 4) is 0 Å². The molecule has 0 amide bonds. The molecule has 1 aromatic carbocycles. The molecule has 2 saturated heterocycles. The second-order valence-electron chi connectivity index (χ2n) is 6.85. The van der Waals surface area contributed by atoms with Crippen molar-refractivity contribution in [2.24, 2.45) is 5.92 Å². The van der Waals surface area contributed by atoms with Crippen LogP contribution in [0.15, 0.2) is 12.1 Å². The number of carbonyl (C=O) groups is 1. The number of aryl methyl sites for hydroxylation is 3. The normalized spacial score (nSPS) is 28.6. The van der Waals surface area contributed by atoms with Crippen molar-refractivity contribution in [2.75, 3.05) is 0 Å². The maximum atomic E-state index is 12.6. The van der Waals surface area contributed by atoms with Crippen molar-refractivity contribution in [1.82, 2.24) is 5.32 Å². The number of Topliss-reactive ketones (excluding diaryl/α,β-unsaturated/α-hetero) is 1. The van der Waals surface area contributed by atoms with Gasteiger partial charge in [0.25, 0.3) is 0 Å². The van der Waals surface area contributed by atoms with Gasteiger partial charge in [-0.2, -0.15) is 0 Å². The van der Waals surface area contributed by atoms with Crippen LogP contribution in [0.4, 0.5) is 0 Å². The van der Waals surface area contributed by atoms with Gasteiger partial charge in [0.05, 0.1) is 0 Å². The average molecular weight is 271 g/mol. The molecule has 2 aliphatic heterocycles. The molecule has 0 radical (unpaired) electrons. The molecule has 2 aliphatic rings. The molecule has 0 aromatic heterocycles. The molecular weight excluding hydrogens is 246 g/mol. The van der Waals surface area contributed by atoms with Crippen LogP contribution in [0.2, 0.25) is 0 Å². The van der Waals surface area contributed by atoms with Crippen molar-refractivity contribution in [3.05, 3.63) is 34.4 Å². The molecule has 0 spiro atoms. The summed E-state index contributed by atoms with van der Waals surface area (Å²) in [7, 11) is 0. The van der Waals surface area contributed by atoms with E-state index < -0.39 is 0 Å². The summed E-state index contributed by atoms with van der Waals surface area (Å²) in [6.45, 7) is 6.27. The topological polar surface area (TPSA) is 29.1 Å². The number of benzene rings is 1. The Morgan fingerprint density at radius 3 is 2.30 bits per heavy atom. The van der Waals surface area contributed by atoms with Crippen LogP contribution in [-0.2, 0) is 0 Å². The lowest BCUT2D eigenvalue weighted by Gasteiger charge is -2.28. The van der Waals surface area contributed by atoms with Gasteiger partial charge in [-0.1, -0.05) is 6.07 Å². The number of rotatable bonds is 3. The van der Waals surface area contributed by atoms with E-state index in [2.05, 4.69) is 38.2 Å². The van der Waals surface area contributed by atoms with Gasteiger partial charge in [-0.05, 0) is 75.1 Å². The van der Waals surface area contributed by atoms with E-state index in [0.29, 0.717) is 23.8 Å². The maximum absolute atomic E-state index is 12.6. The van der Waals surface area contributed by atoms with Gasteiger partial charge in [0.2, 0.25) is 0 Å². The highest BCUT2D eigenvalue weighted by atomic mass is 16.1. The van der Waals surface area contributed by atoms with Crippen LogP contribution < -0.4 is 5.32 Å². The first kappa shape index (κ1) is 13.8. The van der Waals surface area contributed by atoms with Gasteiger partial charge >= 0.3 is 0 Å². The lowest BCUT2D eigenvalue weighted by Crippen LogP contribution is -2.38. The van der Waals surface area contributed by atoms with E-state index in [9.17, 15) is 4.79 Å². The fraction of sp³-hybridized carbons (Fsp3) is 0.611. The summed E-state index contributed by atoms with van der Waals surface area (Å²) < 4.78 is 0. The zero-order valence-corrected chi connectivity index (χ0v) is 12.8. The molecule has 2 nitrogen and oxygen atoms in total. The lowest BCUT2D eigenvalue weighted by molar-refractivity contribution is 0.0945. The Bertz CT molecular complexity index is 522. The van der Waals surface area contributed by atoms with Crippen molar-refractivity contribution in [1.29, 1.82) is 0 Å². The van der Waals surface area contributed by atoms with E-state index in [1.807, 2.05) is 0 Å². The van der Waals surface area contributed by atoms with Gasteiger partial charge in [0, 0.05) is 24.1 Å². The van der Waals surface area contributed by atoms with E-state index in [1.54, 1.807) is 0 Å². The molecule has 1 N–H and O–H groups in total. The molecule has 0 aliphatic carbocycles. The monoisotopic (exact) mass is 271 g/mol. The molecular formula is C18H25NO. The van der Waals surface area contributed by atoms with E-state index in [0.717, 1.165) is 17.5 Å². The third-order valence-electron chi connectivity index (χ3n) is 5.19. The van der Waals surface area contributed by atoms with Gasteiger partial charge in [0.1, 0.15) is 0 Å². The number of hydrogen-bond donors (Lipinski definition) is 1. The first-order valence-electron chi connectivity index (χ1n) is 7.90. The average Bonchev–Trinajstić information content (AvgIpc) is 2.73. The number of nitrogens with one attached hydrogen (secondary N) is 1. The molecule has 2 unspecified atom stereocenters. The third-order valence-corrected chi connectivity index (χ3v) is 5.19. The zero-order chi connectivity index (χ0) is 14.3. The summed E-state index contributed by atoms with van der Waals surface area (Å²) in [6.07, 6.45) is 5.71. The van der Waals surface area contributed by atoms with Crippen LogP contribution in [0.1, 0.15) is 59.2 Å². The number of carbonyl (C=O) groups excluding carboxylic acids is 1. The van der Waals surface area contributed by atoms with Gasteiger partial charge < -0.3 is 5.32 Å². The second-order valence-corrected chi connectivity index (χ2v) is 6.85.